The summed E-state index contributed by atoms with van der Waals surface area (Å²) in [7, 11) is 0. The number of anilines is 2. The quantitative estimate of drug-likeness (QED) is 0.399. The predicted octanol–water partition coefficient (Wildman–Crippen LogP) is 4.68. The molecule has 1 aromatic carbocycles. The molecule has 2 saturated heterocycles. The van der Waals surface area contributed by atoms with Gasteiger partial charge in [0, 0.05) is 18.7 Å². The number of carbonyl (C=O) groups excluding carboxylic acids is 2. The van der Waals surface area contributed by atoms with Gasteiger partial charge >= 0.3 is 0 Å². The fourth-order valence-corrected chi connectivity index (χ4v) is 7.20. The Morgan fingerprint density at radius 2 is 1.68 bits per heavy atom. The highest BCUT2D eigenvalue weighted by Gasteiger charge is 2.51. The molecule has 0 N–H and O–H groups in total. The van der Waals surface area contributed by atoms with Crippen LogP contribution in [0.4, 0.5) is 17.1 Å². The molecule has 0 radical (unpaired) electrons. The molecular formula is C24H31N3O4. The third kappa shape index (κ3) is 3.24. The third-order valence-corrected chi connectivity index (χ3v) is 7.98. The first-order valence-electron chi connectivity index (χ1n) is 11.5. The Kier molecular flexibility index (Phi) is 4.47. The Balaban J connectivity index is 1.50. The lowest BCUT2D eigenvalue weighted by Gasteiger charge is -2.39. The number of nitro groups is 1. The number of amides is 2. The van der Waals surface area contributed by atoms with Crippen LogP contribution in [0.25, 0.3) is 0 Å². The highest BCUT2D eigenvalue weighted by Crippen LogP contribution is 2.54. The van der Waals surface area contributed by atoms with E-state index in [1.807, 2.05) is 0 Å². The molecule has 31 heavy (non-hydrogen) atoms. The van der Waals surface area contributed by atoms with Gasteiger partial charge in [0.05, 0.1) is 22.4 Å². The van der Waals surface area contributed by atoms with Crippen LogP contribution < -0.4 is 9.80 Å². The molecule has 2 aliphatic heterocycles. The van der Waals surface area contributed by atoms with E-state index in [0.29, 0.717) is 11.4 Å². The van der Waals surface area contributed by atoms with Gasteiger partial charge in [-0.25, -0.2) is 4.90 Å². The molecule has 4 aliphatic rings. The molecule has 166 valence electrons. The van der Waals surface area contributed by atoms with Crippen LogP contribution in [-0.2, 0) is 9.59 Å². The summed E-state index contributed by atoms with van der Waals surface area (Å²) in [6.07, 6.45) is 6.54. The lowest BCUT2D eigenvalue weighted by Crippen LogP contribution is -2.35. The van der Waals surface area contributed by atoms with Gasteiger partial charge in [0.1, 0.15) is 5.69 Å². The number of hydrogen-bond acceptors (Lipinski definition) is 5. The Morgan fingerprint density at radius 3 is 2.29 bits per heavy atom. The fourth-order valence-electron chi connectivity index (χ4n) is 7.20. The number of imide groups is 1. The van der Waals surface area contributed by atoms with Crippen LogP contribution in [0, 0.1) is 32.8 Å². The Hall–Kier alpha value is -2.44. The van der Waals surface area contributed by atoms with Crippen molar-refractivity contribution in [2.24, 2.45) is 22.7 Å². The van der Waals surface area contributed by atoms with Crippen molar-refractivity contribution in [2.75, 3.05) is 16.3 Å². The predicted molar refractivity (Wildman–Crippen MR) is 118 cm³/mol. The van der Waals surface area contributed by atoms with Crippen LogP contribution >= 0.6 is 0 Å². The van der Waals surface area contributed by atoms with Crippen molar-refractivity contribution < 1.29 is 14.5 Å². The summed E-state index contributed by atoms with van der Waals surface area (Å²) in [6.45, 7) is 7.64. The molecule has 2 amide bonds. The lowest BCUT2D eigenvalue weighted by molar-refractivity contribution is -0.384. The number of hydrogen-bond donors (Lipinski definition) is 0. The zero-order chi connectivity index (χ0) is 22.1. The zero-order valence-electron chi connectivity index (χ0n) is 18.6. The highest BCUT2D eigenvalue weighted by molar-refractivity contribution is 6.22. The molecule has 7 nitrogen and oxygen atoms in total. The van der Waals surface area contributed by atoms with Crippen molar-refractivity contribution in [1.29, 1.82) is 0 Å². The maximum absolute atomic E-state index is 13.0. The maximum Gasteiger partial charge on any atom is 0.294 e. The number of benzene rings is 1. The molecule has 1 aromatic rings. The van der Waals surface area contributed by atoms with Crippen LogP contribution in [0.2, 0.25) is 0 Å². The first-order chi connectivity index (χ1) is 14.6. The number of rotatable bonds is 3. The first-order valence-corrected chi connectivity index (χ1v) is 11.5. The Labute approximate surface area is 182 Å². The first kappa shape index (κ1) is 20.5. The minimum Gasteiger partial charge on any atom is -0.362 e. The lowest BCUT2D eigenvalue weighted by atomic mass is 9.65. The van der Waals surface area contributed by atoms with Crippen LogP contribution in [0.15, 0.2) is 18.2 Å². The van der Waals surface area contributed by atoms with Gasteiger partial charge in [-0.2, -0.15) is 0 Å². The second kappa shape index (κ2) is 6.78. The molecule has 5 rings (SSSR count). The average Bonchev–Trinajstić information content (AvgIpc) is 3.10. The Bertz CT molecular complexity index is 950. The van der Waals surface area contributed by atoms with Gasteiger partial charge in [-0.15, -0.1) is 0 Å². The maximum atomic E-state index is 13.0. The fraction of sp³-hybridized carbons (Fsp3) is 0.667. The van der Waals surface area contributed by atoms with E-state index in [0.717, 1.165) is 51.5 Å². The summed E-state index contributed by atoms with van der Waals surface area (Å²) >= 11 is 0. The largest absolute Gasteiger partial charge is 0.362 e. The molecule has 2 aliphatic carbocycles. The van der Waals surface area contributed by atoms with Crippen molar-refractivity contribution >= 4 is 28.9 Å². The number of carbonyl (C=O) groups is 2. The minimum atomic E-state index is -0.368. The molecule has 4 fully saturated rings. The van der Waals surface area contributed by atoms with Gasteiger partial charge in [0.15, 0.2) is 0 Å². The van der Waals surface area contributed by atoms with Gasteiger partial charge in [0.2, 0.25) is 11.8 Å². The van der Waals surface area contributed by atoms with Crippen molar-refractivity contribution in [3.05, 3.63) is 28.3 Å². The van der Waals surface area contributed by atoms with E-state index in [-0.39, 0.29) is 51.1 Å². The van der Waals surface area contributed by atoms with E-state index in [1.54, 1.807) is 12.1 Å². The highest BCUT2D eigenvalue weighted by atomic mass is 16.6. The second-order valence-corrected chi connectivity index (χ2v) is 11.3. The van der Waals surface area contributed by atoms with E-state index in [2.05, 4.69) is 25.7 Å². The summed E-state index contributed by atoms with van der Waals surface area (Å²) in [5.74, 6) is -0.911. The molecule has 2 heterocycles. The van der Waals surface area contributed by atoms with Crippen LogP contribution in [0.3, 0.4) is 0 Å². The van der Waals surface area contributed by atoms with Gasteiger partial charge in [-0.1, -0.05) is 33.6 Å². The van der Waals surface area contributed by atoms with Gasteiger partial charge in [-0.3, -0.25) is 19.7 Å². The standard InChI is InChI=1S/C24H31N3O4/c1-23(2)11-16-12-24(3,13-23)14-25(16)19-9-8-15(10-20(19)27(30)31)26-21(28)17-6-4-5-7-18(17)22(26)29/h8-10,16-18H,4-7,11-14H2,1-3H3/t16-,17+,18+,24+/m0/s1. The minimum absolute atomic E-state index is 0.0121. The van der Waals surface area contributed by atoms with Crippen molar-refractivity contribution in [3.63, 3.8) is 0 Å². The molecule has 0 unspecified atom stereocenters. The summed E-state index contributed by atoms with van der Waals surface area (Å²) in [5.41, 5.74) is 1.30. The summed E-state index contributed by atoms with van der Waals surface area (Å²) < 4.78 is 0. The van der Waals surface area contributed by atoms with Gasteiger partial charge < -0.3 is 4.90 Å². The van der Waals surface area contributed by atoms with Crippen LogP contribution in [0.1, 0.15) is 65.7 Å². The van der Waals surface area contributed by atoms with E-state index >= 15 is 0 Å². The average molecular weight is 426 g/mol. The zero-order valence-corrected chi connectivity index (χ0v) is 18.6. The van der Waals surface area contributed by atoms with E-state index in [9.17, 15) is 19.7 Å². The molecule has 4 atom stereocenters. The summed E-state index contributed by atoms with van der Waals surface area (Å²) in [5, 5.41) is 12.0. The third-order valence-electron chi connectivity index (χ3n) is 7.98. The van der Waals surface area contributed by atoms with Crippen LogP contribution in [-0.4, -0.2) is 29.3 Å². The molecule has 0 spiro atoms. The SMILES string of the molecule is CC1(C)C[C@H]2C[C@@](C)(CN2c2ccc(N3C(=O)[C@@H]4CCCC[C@H]4C3=O)cc2[N+](=O)[O-])C1. The smallest absolute Gasteiger partial charge is 0.294 e. The van der Waals surface area contributed by atoms with Crippen molar-refractivity contribution in [1.82, 2.24) is 0 Å². The van der Waals surface area contributed by atoms with E-state index in [4.69, 9.17) is 0 Å². The number of nitro benzene ring substituents is 1. The van der Waals surface area contributed by atoms with E-state index < -0.39 is 0 Å². The molecular weight excluding hydrogens is 394 g/mol. The monoisotopic (exact) mass is 425 g/mol. The van der Waals surface area contributed by atoms with E-state index in [1.165, 1.54) is 11.0 Å². The molecule has 0 aromatic heterocycles. The molecule has 2 saturated carbocycles. The number of nitrogens with zero attached hydrogens (tertiary/aromatic N) is 3. The topological polar surface area (TPSA) is 83.8 Å². The second-order valence-electron chi connectivity index (χ2n) is 11.3. The van der Waals surface area contributed by atoms with Crippen molar-refractivity contribution in [2.45, 2.75) is 71.8 Å². The Morgan fingerprint density at radius 1 is 1.03 bits per heavy atom. The van der Waals surface area contributed by atoms with Gasteiger partial charge in [0.25, 0.3) is 5.69 Å². The van der Waals surface area contributed by atoms with Crippen molar-refractivity contribution in [3.8, 4) is 0 Å². The normalized spacial score (nSPS) is 34.2. The molecule has 2 bridgehead atoms. The summed E-state index contributed by atoms with van der Waals surface area (Å²) in [4.78, 5) is 41.0. The summed E-state index contributed by atoms with van der Waals surface area (Å²) in [6, 6.07) is 5.20. The molecule has 7 heteroatoms. The number of fused-ring (bicyclic) bond motifs is 3. The van der Waals surface area contributed by atoms with Gasteiger partial charge in [-0.05, 0) is 55.1 Å². The van der Waals surface area contributed by atoms with Crippen LogP contribution in [0.5, 0.6) is 0 Å².